The van der Waals surface area contributed by atoms with Gasteiger partial charge in [-0.25, -0.2) is 9.37 Å². The Morgan fingerprint density at radius 2 is 1.93 bits per heavy atom. The number of nitrogens with zero attached hydrogens (tertiary/aromatic N) is 1. The van der Waals surface area contributed by atoms with Crippen LogP contribution in [0.5, 0.6) is 0 Å². The van der Waals surface area contributed by atoms with Crippen LogP contribution >= 0.6 is 39.7 Å². The van der Waals surface area contributed by atoms with Gasteiger partial charge in [0.05, 0.1) is 9.50 Å². The molecule has 0 saturated heterocycles. The van der Waals surface area contributed by atoms with Crippen molar-refractivity contribution < 1.29 is 4.39 Å². The SMILES string of the molecule is Cc1c(Cl)cnc(NC(=S)NCC2(c3ccc(F)cc3)CCCCC2)c1Br. The Morgan fingerprint density at radius 3 is 2.59 bits per heavy atom. The largest absolute Gasteiger partial charge is 0.362 e. The van der Waals surface area contributed by atoms with Gasteiger partial charge < -0.3 is 10.6 Å². The highest BCUT2D eigenvalue weighted by molar-refractivity contribution is 9.10. The Morgan fingerprint density at radius 1 is 1.26 bits per heavy atom. The number of pyridine rings is 1. The number of rotatable bonds is 4. The van der Waals surface area contributed by atoms with E-state index in [1.165, 1.54) is 24.8 Å². The van der Waals surface area contributed by atoms with Crippen LogP contribution < -0.4 is 10.6 Å². The lowest BCUT2D eigenvalue weighted by atomic mass is 9.69. The Kier molecular flexibility index (Phi) is 6.71. The average Bonchev–Trinajstić information content (AvgIpc) is 2.68. The van der Waals surface area contributed by atoms with Gasteiger partial charge in [-0.2, -0.15) is 0 Å². The maximum Gasteiger partial charge on any atom is 0.172 e. The molecule has 2 aromatic rings. The van der Waals surface area contributed by atoms with E-state index in [1.807, 2.05) is 19.1 Å². The third kappa shape index (κ3) is 4.79. The first kappa shape index (κ1) is 20.5. The van der Waals surface area contributed by atoms with Gasteiger partial charge in [-0.1, -0.05) is 43.0 Å². The maximum atomic E-state index is 13.4. The Bertz CT molecular complexity index is 823. The van der Waals surface area contributed by atoms with Crippen molar-refractivity contribution in [1.29, 1.82) is 0 Å². The first-order valence-electron chi connectivity index (χ1n) is 9.03. The molecule has 1 aromatic carbocycles. The minimum Gasteiger partial charge on any atom is -0.362 e. The molecule has 1 aromatic heterocycles. The van der Waals surface area contributed by atoms with Crippen LogP contribution in [0.3, 0.4) is 0 Å². The van der Waals surface area contributed by atoms with Crippen molar-refractivity contribution in [2.24, 2.45) is 0 Å². The number of nitrogens with one attached hydrogen (secondary N) is 2. The molecular weight excluding hydrogens is 449 g/mol. The molecule has 0 bridgehead atoms. The van der Waals surface area contributed by atoms with Crippen molar-refractivity contribution in [2.75, 3.05) is 11.9 Å². The topological polar surface area (TPSA) is 37.0 Å². The van der Waals surface area contributed by atoms with Crippen molar-refractivity contribution >= 4 is 50.7 Å². The lowest BCUT2D eigenvalue weighted by molar-refractivity contribution is 0.292. The zero-order valence-corrected chi connectivity index (χ0v) is 18.3. The summed E-state index contributed by atoms with van der Waals surface area (Å²) in [5.41, 5.74) is 2.05. The van der Waals surface area contributed by atoms with Gasteiger partial charge in [0.15, 0.2) is 5.11 Å². The highest BCUT2D eigenvalue weighted by Gasteiger charge is 2.34. The molecule has 2 N–H and O–H groups in total. The van der Waals surface area contributed by atoms with Crippen LogP contribution in [-0.4, -0.2) is 16.6 Å². The zero-order chi connectivity index (χ0) is 19.4. The summed E-state index contributed by atoms with van der Waals surface area (Å²) < 4.78 is 14.2. The molecule has 0 atom stereocenters. The van der Waals surface area contributed by atoms with Crippen molar-refractivity contribution in [3.8, 4) is 0 Å². The van der Waals surface area contributed by atoms with E-state index in [2.05, 4.69) is 31.5 Å². The molecule has 1 aliphatic rings. The molecule has 144 valence electrons. The molecule has 1 fully saturated rings. The van der Waals surface area contributed by atoms with E-state index in [0.29, 0.717) is 22.5 Å². The summed E-state index contributed by atoms with van der Waals surface area (Å²) in [6.07, 6.45) is 7.32. The van der Waals surface area contributed by atoms with Crippen LogP contribution in [0.4, 0.5) is 10.2 Å². The van der Waals surface area contributed by atoms with E-state index in [4.69, 9.17) is 23.8 Å². The molecule has 27 heavy (non-hydrogen) atoms. The lowest BCUT2D eigenvalue weighted by Gasteiger charge is -2.38. The summed E-state index contributed by atoms with van der Waals surface area (Å²) in [5.74, 6) is 0.428. The second kappa shape index (κ2) is 8.84. The molecule has 0 radical (unpaired) electrons. The second-order valence-electron chi connectivity index (χ2n) is 7.05. The summed E-state index contributed by atoms with van der Waals surface area (Å²) in [5, 5.41) is 7.60. The van der Waals surface area contributed by atoms with Crippen molar-refractivity contribution in [3.05, 3.63) is 56.9 Å². The Labute approximate surface area is 178 Å². The number of hydrogen-bond acceptors (Lipinski definition) is 2. The van der Waals surface area contributed by atoms with E-state index in [-0.39, 0.29) is 11.2 Å². The van der Waals surface area contributed by atoms with Gasteiger partial charge in [0.2, 0.25) is 0 Å². The van der Waals surface area contributed by atoms with E-state index in [1.54, 1.807) is 18.3 Å². The molecule has 7 heteroatoms. The first-order chi connectivity index (χ1) is 12.9. The van der Waals surface area contributed by atoms with Crippen LogP contribution in [0.1, 0.15) is 43.2 Å². The molecule has 0 amide bonds. The van der Waals surface area contributed by atoms with Crippen LogP contribution in [0.2, 0.25) is 5.02 Å². The van der Waals surface area contributed by atoms with E-state index >= 15 is 0 Å². The van der Waals surface area contributed by atoms with Gasteiger partial charge in [0, 0.05) is 18.2 Å². The fourth-order valence-corrected chi connectivity index (χ4v) is 4.49. The number of anilines is 1. The minimum atomic E-state index is -0.205. The van der Waals surface area contributed by atoms with Crippen LogP contribution in [0.15, 0.2) is 34.9 Å². The van der Waals surface area contributed by atoms with Crippen molar-refractivity contribution in [3.63, 3.8) is 0 Å². The van der Waals surface area contributed by atoms with E-state index < -0.39 is 0 Å². The smallest absolute Gasteiger partial charge is 0.172 e. The second-order valence-corrected chi connectivity index (χ2v) is 8.66. The number of benzene rings is 1. The van der Waals surface area contributed by atoms with Crippen LogP contribution in [0.25, 0.3) is 0 Å². The molecule has 0 spiro atoms. The molecule has 1 heterocycles. The Hall–Kier alpha value is -1.24. The van der Waals surface area contributed by atoms with Gasteiger partial charge in [-0.05, 0) is 71.2 Å². The summed E-state index contributed by atoms with van der Waals surface area (Å²) >= 11 is 15.1. The van der Waals surface area contributed by atoms with Gasteiger partial charge in [-0.3, -0.25) is 0 Å². The standard InChI is InChI=1S/C20H22BrClFN3S/c1-13-16(22)11-24-18(17(13)21)26-19(27)25-12-20(9-3-2-4-10-20)14-5-7-15(23)8-6-14/h5-8,11H,2-4,9-10,12H2,1H3,(H2,24,25,26,27). The first-order valence-corrected chi connectivity index (χ1v) is 10.6. The van der Waals surface area contributed by atoms with Crippen molar-refractivity contribution in [2.45, 2.75) is 44.4 Å². The lowest BCUT2D eigenvalue weighted by Crippen LogP contribution is -2.43. The third-order valence-electron chi connectivity index (χ3n) is 5.29. The molecule has 1 saturated carbocycles. The van der Waals surface area contributed by atoms with Crippen LogP contribution in [0, 0.1) is 12.7 Å². The third-order valence-corrected chi connectivity index (χ3v) is 6.89. The molecule has 3 rings (SSSR count). The molecular formula is C20H22BrClFN3S. The fraction of sp³-hybridized carbons (Fsp3) is 0.400. The van der Waals surface area contributed by atoms with E-state index in [0.717, 1.165) is 22.9 Å². The van der Waals surface area contributed by atoms with E-state index in [9.17, 15) is 4.39 Å². The highest BCUT2D eigenvalue weighted by atomic mass is 79.9. The quantitative estimate of drug-likeness (QED) is 0.527. The number of hydrogen-bond donors (Lipinski definition) is 2. The number of thiocarbonyl (C=S) groups is 1. The van der Waals surface area contributed by atoms with Crippen molar-refractivity contribution in [1.82, 2.24) is 10.3 Å². The normalized spacial score (nSPS) is 16.0. The Balaban J connectivity index is 1.71. The summed E-state index contributed by atoms with van der Waals surface area (Å²) in [4.78, 5) is 4.30. The predicted molar refractivity (Wildman–Crippen MR) is 117 cm³/mol. The summed E-state index contributed by atoms with van der Waals surface area (Å²) in [7, 11) is 0. The molecule has 1 aliphatic carbocycles. The monoisotopic (exact) mass is 469 g/mol. The summed E-state index contributed by atoms with van der Waals surface area (Å²) in [6.45, 7) is 2.62. The molecule has 0 aliphatic heterocycles. The molecule has 3 nitrogen and oxygen atoms in total. The van der Waals surface area contributed by atoms with Gasteiger partial charge in [0.1, 0.15) is 11.6 Å². The maximum absolute atomic E-state index is 13.4. The number of aromatic nitrogens is 1. The van der Waals surface area contributed by atoms with Gasteiger partial charge in [0.25, 0.3) is 0 Å². The predicted octanol–water partition coefficient (Wildman–Crippen LogP) is 6.13. The van der Waals surface area contributed by atoms with Gasteiger partial charge in [-0.15, -0.1) is 0 Å². The molecule has 0 unspecified atom stereocenters. The fourth-order valence-electron chi connectivity index (χ4n) is 3.65. The summed E-state index contributed by atoms with van der Waals surface area (Å²) in [6, 6.07) is 6.89. The highest BCUT2D eigenvalue weighted by Crippen LogP contribution is 2.39. The average molecular weight is 471 g/mol. The number of halogens is 3. The zero-order valence-electron chi connectivity index (χ0n) is 15.1. The van der Waals surface area contributed by atoms with Crippen LogP contribution in [-0.2, 0) is 5.41 Å². The minimum absolute atomic E-state index is 0.0295. The van der Waals surface area contributed by atoms with Gasteiger partial charge >= 0.3 is 0 Å².